The third-order valence-corrected chi connectivity index (χ3v) is 3.18. The summed E-state index contributed by atoms with van der Waals surface area (Å²) in [5.41, 5.74) is 0.636. The standard InChI is InChI=1S/C11H16N6O2/c1-2-12-11-14-9-6(3-13-16-9)10(15-11)17-4-7(18)8(19)5-17/h3,7-8,18-19H,2,4-5H2,1H3,(H2,12,13,14,15,16). The van der Waals surface area contributed by atoms with Gasteiger partial charge in [-0.1, -0.05) is 0 Å². The van der Waals surface area contributed by atoms with Crippen molar-refractivity contribution < 1.29 is 10.2 Å². The quantitative estimate of drug-likeness (QED) is 0.581. The van der Waals surface area contributed by atoms with Gasteiger partial charge in [-0.3, -0.25) is 5.10 Å². The van der Waals surface area contributed by atoms with Crippen LogP contribution >= 0.6 is 0 Å². The van der Waals surface area contributed by atoms with Crippen LogP contribution in [0.1, 0.15) is 6.92 Å². The van der Waals surface area contributed by atoms with Gasteiger partial charge in [-0.25, -0.2) is 0 Å². The molecule has 1 fully saturated rings. The van der Waals surface area contributed by atoms with Crippen molar-refractivity contribution in [3.05, 3.63) is 6.20 Å². The number of rotatable bonds is 3. The van der Waals surface area contributed by atoms with Crippen LogP contribution < -0.4 is 10.2 Å². The van der Waals surface area contributed by atoms with Gasteiger partial charge in [0.15, 0.2) is 5.65 Å². The maximum atomic E-state index is 9.65. The van der Waals surface area contributed by atoms with E-state index >= 15 is 0 Å². The third kappa shape index (κ3) is 2.08. The summed E-state index contributed by atoms with van der Waals surface area (Å²) in [5.74, 6) is 1.18. The zero-order valence-electron chi connectivity index (χ0n) is 10.5. The molecule has 1 saturated heterocycles. The number of β-amino-alcohol motifs (C(OH)–C–C–N with tert-alkyl or cyclic N) is 2. The summed E-state index contributed by atoms with van der Waals surface area (Å²) in [4.78, 5) is 10.6. The number of H-pyrrole nitrogens is 1. The Morgan fingerprint density at radius 2 is 2.11 bits per heavy atom. The molecule has 0 amide bonds. The van der Waals surface area contributed by atoms with Gasteiger partial charge >= 0.3 is 0 Å². The number of hydrogen-bond donors (Lipinski definition) is 4. The molecule has 0 aliphatic carbocycles. The molecule has 2 atom stereocenters. The molecule has 8 heteroatoms. The van der Waals surface area contributed by atoms with Crippen LogP contribution in [0, 0.1) is 0 Å². The minimum absolute atomic E-state index is 0.351. The first-order valence-corrected chi connectivity index (χ1v) is 6.25. The molecule has 102 valence electrons. The van der Waals surface area contributed by atoms with Crippen LogP contribution in [0.15, 0.2) is 6.20 Å². The van der Waals surface area contributed by atoms with E-state index in [0.29, 0.717) is 37.0 Å². The Hall–Kier alpha value is -1.93. The molecule has 19 heavy (non-hydrogen) atoms. The number of fused-ring (bicyclic) bond motifs is 1. The minimum Gasteiger partial charge on any atom is -0.389 e. The van der Waals surface area contributed by atoms with Crippen LogP contribution in [-0.2, 0) is 0 Å². The monoisotopic (exact) mass is 264 g/mol. The lowest BCUT2D eigenvalue weighted by atomic mass is 10.3. The van der Waals surface area contributed by atoms with Crippen LogP contribution in [-0.4, -0.2) is 62.2 Å². The Bertz CT molecular complexity index is 576. The molecule has 3 heterocycles. The fourth-order valence-electron chi connectivity index (χ4n) is 2.24. The van der Waals surface area contributed by atoms with E-state index in [1.807, 2.05) is 11.8 Å². The first-order valence-electron chi connectivity index (χ1n) is 6.25. The van der Waals surface area contributed by atoms with Gasteiger partial charge < -0.3 is 20.4 Å². The molecule has 2 unspecified atom stereocenters. The van der Waals surface area contributed by atoms with Gasteiger partial charge in [0.2, 0.25) is 5.95 Å². The fraction of sp³-hybridized carbons (Fsp3) is 0.545. The molecule has 0 spiro atoms. The summed E-state index contributed by atoms with van der Waals surface area (Å²) >= 11 is 0. The summed E-state index contributed by atoms with van der Waals surface area (Å²) in [6.45, 7) is 3.38. The lowest BCUT2D eigenvalue weighted by Crippen LogP contribution is -2.23. The highest BCUT2D eigenvalue weighted by atomic mass is 16.3. The molecule has 0 aromatic carbocycles. The van der Waals surface area contributed by atoms with Crippen LogP contribution in [0.2, 0.25) is 0 Å². The number of aliphatic hydroxyl groups is 2. The van der Waals surface area contributed by atoms with Gasteiger partial charge in [-0.15, -0.1) is 0 Å². The molecule has 2 aromatic heterocycles. The van der Waals surface area contributed by atoms with E-state index in [2.05, 4.69) is 25.5 Å². The molecule has 2 aromatic rings. The third-order valence-electron chi connectivity index (χ3n) is 3.18. The summed E-state index contributed by atoms with van der Waals surface area (Å²) in [6.07, 6.45) is 0.149. The smallest absolute Gasteiger partial charge is 0.226 e. The average molecular weight is 264 g/mol. The van der Waals surface area contributed by atoms with Gasteiger partial charge in [-0.2, -0.15) is 15.1 Å². The number of anilines is 2. The zero-order chi connectivity index (χ0) is 13.4. The van der Waals surface area contributed by atoms with Crippen molar-refractivity contribution in [2.75, 3.05) is 29.9 Å². The van der Waals surface area contributed by atoms with Gasteiger partial charge in [-0.05, 0) is 6.92 Å². The van der Waals surface area contributed by atoms with Crippen LogP contribution in [0.3, 0.4) is 0 Å². The van der Waals surface area contributed by atoms with Crippen molar-refractivity contribution in [1.82, 2.24) is 20.2 Å². The largest absolute Gasteiger partial charge is 0.389 e. The first-order chi connectivity index (χ1) is 9.19. The molecule has 8 nitrogen and oxygen atoms in total. The Labute approximate surface area is 109 Å². The minimum atomic E-state index is -0.750. The lowest BCUT2D eigenvalue weighted by Gasteiger charge is -2.17. The van der Waals surface area contributed by atoms with Gasteiger partial charge in [0.05, 0.1) is 23.8 Å². The summed E-state index contributed by atoms with van der Waals surface area (Å²) < 4.78 is 0. The van der Waals surface area contributed by atoms with Crippen molar-refractivity contribution >= 4 is 22.8 Å². The summed E-state index contributed by atoms with van der Waals surface area (Å²) in [7, 11) is 0. The SMILES string of the molecule is CCNc1nc(N2CC(O)C(O)C2)c2cn[nH]c2n1. The van der Waals surface area contributed by atoms with Crippen molar-refractivity contribution in [2.45, 2.75) is 19.1 Å². The zero-order valence-corrected chi connectivity index (χ0v) is 10.5. The predicted octanol–water partition coefficient (Wildman–Crippen LogP) is -0.674. The molecule has 4 N–H and O–H groups in total. The normalized spacial score (nSPS) is 23.2. The van der Waals surface area contributed by atoms with E-state index in [1.54, 1.807) is 6.20 Å². The number of nitrogens with zero attached hydrogens (tertiary/aromatic N) is 4. The van der Waals surface area contributed by atoms with Crippen molar-refractivity contribution in [3.8, 4) is 0 Å². The lowest BCUT2D eigenvalue weighted by molar-refractivity contribution is 0.0572. The predicted molar refractivity (Wildman–Crippen MR) is 70.1 cm³/mol. The molecule has 0 bridgehead atoms. The second-order valence-electron chi connectivity index (χ2n) is 4.57. The topological polar surface area (TPSA) is 110 Å². The van der Waals surface area contributed by atoms with Gasteiger partial charge in [0, 0.05) is 19.6 Å². The van der Waals surface area contributed by atoms with Crippen LogP contribution in [0.25, 0.3) is 11.0 Å². The number of hydrogen-bond acceptors (Lipinski definition) is 7. The van der Waals surface area contributed by atoms with Crippen molar-refractivity contribution in [2.24, 2.45) is 0 Å². The summed E-state index contributed by atoms with van der Waals surface area (Å²) in [6, 6.07) is 0. The van der Waals surface area contributed by atoms with E-state index in [9.17, 15) is 10.2 Å². The highest BCUT2D eigenvalue weighted by molar-refractivity contribution is 5.87. The molecule has 0 saturated carbocycles. The fourth-order valence-corrected chi connectivity index (χ4v) is 2.24. The highest BCUT2D eigenvalue weighted by Crippen LogP contribution is 2.27. The molecule has 1 aliphatic heterocycles. The van der Waals surface area contributed by atoms with E-state index in [0.717, 1.165) is 5.39 Å². The Morgan fingerprint density at radius 3 is 2.79 bits per heavy atom. The Morgan fingerprint density at radius 1 is 1.37 bits per heavy atom. The number of aromatic amines is 1. The average Bonchev–Trinajstić information content (AvgIpc) is 2.96. The molecule has 1 aliphatic rings. The number of aliphatic hydroxyl groups excluding tert-OH is 2. The molecule has 0 radical (unpaired) electrons. The van der Waals surface area contributed by atoms with Gasteiger partial charge in [0.25, 0.3) is 0 Å². The van der Waals surface area contributed by atoms with Crippen LogP contribution in [0.5, 0.6) is 0 Å². The molecule has 3 rings (SSSR count). The second kappa shape index (κ2) is 4.63. The second-order valence-corrected chi connectivity index (χ2v) is 4.57. The Balaban J connectivity index is 2.03. The van der Waals surface area contributed by atoms with E-state index < -0.39 is 12.2 Å². The number of nitrogens with one attached hydrogen (secondary N) is 2. The maximum Gasteiger partial charge on any atom is 0.226 e. The van der Waals surface area contributed by atoms with E-state index in [4.69, 9.17) is 0 Å². The number of aromatic nitrogens is 4. The molecular formula is C11H16N6O2. The highest BCUT2D eigenvalue weighted by Gasteiger charge is 2.31. The van der Waals surface area contributed by atoms with Gasteiger partial charge in [0.1, 0.15) is 5.82 Å². The van der Waals surface area contributed by atoms with E-state index in [1.165, 1.54) is 0 Å². The van der Waals surface area contributed by atoms with Crippen LogP contribution in [0.4, 0.5) is 11.8 Å². The molecular weight excluding hydrogens is 248 g/mol. The first kappa shape index (κ1) is 12.1. The van der Waals surface area contributed by atoms with Crippen molar-refractivity contribution in [3.63, 3.8) is 0 Å². The summed E-state index contributed by atoms with van der Waals surface area (Å²) in [5, 5.41) is 29.9. The van der Waals surface area contributed by atoms with Crippen molar-refractivity contribution in [1.29, 1.82) is 0 Å². The maximum absolute atomic E-state index is 9.65. The Kier molecular flexibility index (Phi) is 2.96. The van der Waals surface area contributed by atoms with E-state index in [-0.39, 0.29) is 0 Å².